The molecule has 0 unspecified atom stereocenters. The van der Waals surface area contributed by atoms with Crippen LogP contribution in [0.3, 0.4) is 0 Å². The zero-order valence-corrected chi connectivity index (χ0v) is 13.1. The lowest BCUT2D eigenvalue weighted by Gasteiger charge is -2.23. The molecule has 0 aliphatic carbocycles. The molecule has 1 aromatic carbocycles. The summed E-state index contributed by atoms with van der Waals surface area (Å²) in [4.78, 5) is 1.66. The molecule has 118 valence electrons. The van der Waals surface area contributed by atoms with Gasteiger partial charge in [-0.1, -0.05) is 19.1 Å². The maximum absolute atomic E-state index is 5.86. The molecule has 21 heavy (non-hydrogen) atoms. The van der Waals surface area contributed by atoms with Gasteiger partial charge in [0.1, 0.15) is 13.1 Å². The van der Waals surface area contributed by atoms with Gasteiger partial charge in [0.25, 0.3) is 0 Å². The fraction of sp³-hybridized carbons (Fsp3) is 0.647. The largest absolute Gasteiger partial charge is 0.490 e. The summed E-state index contributed by atoms with van der Waals surface area (Å²) in [6.45, 7) is 8.94. The molecular weight excluding hydrogens is 266 g/mol. The first-order valence-electron chi connectivity index (χ1n) is 8.16. The van der Waals surface area contributed by atoms with Crippen LogP contribution in [0.5, 0.6) is 11.5 Å². The van der Waals surface area contributed by atoms with Gasteiger partial charge in [-0.2, -0.15) is 0 Å². The second-order valence-electron chi connectivity index (χ2n) is 5.46. The summed E-state index contributed by atoms with van der Waals surface area (Å²) >= 11 is 0. The summed E-state index contributed by atoms with van der Waals surface area (Å²) in [5.74, 6) is 1.72. The molecule has 0 saturated carbocycles. The van der Waals surface area contributed by atoms with Crippen LogP contribution in [0.4, 0.5) is 0 Å². The van der Waals surface area contributed by atoms with E-state index in [-0.39, 0.29) is 0 Å². The highest BCUT2D eigenvalue weighted by molar-refractivity contribution is 5.39. The number of nitrogens with one attached hydrogen (secondary N) is 1. The van der Waals surface area contributed by atoms with Crippen LogP contribution >= 0.6 is 0 Å². The quantitative estimate of drug-likeness (QED) is 0.701. The first-order valence-corrected chi connectivity index (χ1v) is 8.16. The van der Waals surface area contributed by atoms with Gasteiger partial charge in [0.15, 0.2) is 11.5 Å². The number of morpholine rings is 1. The molecule has 0 radical (unpaired) electrons. The second-order valence-corrected chi connectivity index (χ2v) is 5.46. The number of quaternary nitrogens is 1. The molecule has 0 amide bonds. The average Bonchev–Trinajstić information content (AvgIpc) is 2.54. The Bertz CT molecular complexity index is 391. The molecule has 1 fully saturated rings. The van der Waals surface area contributed by atoms with Gasteiger partial charge in [0.2, 0.25) is 0 Å². The standard InChI is InChI=1S/C17H27NO3/c1-2-12-20-16-7-3-4-8-17(16)21-13-6-5-9-18-10-14-19-15-11-18/h3-4,7-8H,2,5-6,9-15H2,1H3/p+1. The lowest BCUT2D eigenvalue weighted by molar-refractivity contribution is -0.908. The Kier molecular flexibility index (Phi) is 7.39. The highest BCUT2D eigenvalue weighted by Crippen LogP contribution is 2.26. The van der Waals surface area contributed by atoms with E-state index in [0.717, 1.165) is 63.9 Å². The predicted molar refractivity (Wildman–Crippen MR) is 83.3 cm³/mol. The molecular formula is C17H28NO3+. The molecule has 1 heterocycles. The Morgan fingerprint density at radius 3 is 2.33 bits per heavy atom. The zero-order valence-electron chi connectivity index (χ0n) is 13.1. The van der Waals surface area contributed by atoms with Crippen molar-refractivity contribution in [2.75, 3.05) is 46.1 Å². The SMILES string of the molecule is CCCOc1ccccc1OCCCC[NH+]1CCOCC1. The fourth-order valence-electron chi connectivity index (χ4n) is 2.47. The normalized spacial score (nSPS) is 15.9. The van der Waals surface area contributed by atoms with Crippen LogP contribution in [-0.4, -0.2) is 46.1 Å². The molecule has 1 aliphatic rings. The predicted octanol–water partition coefficient (Wildman–Crippen LogP) is 1.55. The Balaban J connectivity index is 1.63. The summed E-state index contributed by atoms with van der Waals surface area (Å²) in [7, 11) is 0. The number of para-hydroxylation sites is 2. The maximum atomic E-state index is 5.86. The molecule has 0 atom stereocenters. The summed E-state index contributed by atoms with van der Waals surface area (Å²) in [6, 6.07) is 7.94. The Hall–Kier alpha value is -1.26. The van der Waals surface area contributed by atoms with Crippen molar-refractivity contribution in [2.45, 2.75) is 26.2 Å². The minimum Gasteiger partial charge on any atom is -0.490 e. The third kappa shape index (κ3) is 5.94. The summed E-state index contributed by atoms with van der Waals surface area (Å²) < 4.78 is 16.9. The van der Waals surface area contributed by atoms with E-state index >= 15 is 0 Å². The van der Waals surface area contributed by atoms with Crippen molar-refractivity contribution in [3.05, 3.63) is 24.3 Å². The highest BCUT2D eigenvalue weighted by Gasteiger charge is 2.12. The van der Waals surface area contributed by atoms with Crippen molar-refractivity contribution >= 4 is 0 Å². The minimum absolute atomic E-state index is 0.737. The minimum atomic E-state index is 0.737. The number of hydrogen-bond acceptors (Lipinski definition) is 3. The van der Waals surface area contributed by atoms with Crippen LogP contribution in [-0.2, 0) is 4.74 Å². The van der Waals surface area contributed by atoms with Crippen molar-refractivity contribution in [3.8, 4) is 11.5 Å². The number of benzene rings is 1. The Morgan fingerprint density at radius 2 is 1.67 bits per heavy atom. The monoisotopic (exact) mass is 294 g/mol. The van der Waals surface area contributed by atoms with Crippen molar-refractivity contribution in [3.63, 3.8) is 0 Å². The third-order valence-corrected chi connectivity index (χ3v) is 3.69. The number of hydrogen-bond donors (Lipinski definition) is 1. The average molecular weight is 294 g/mol. The Labute approximate surface area is 128 Å². The van der Waals surface area contributed by atoms with E-state index in [1.54, 1.807) is 4.90 Å². The molecule has 0 aromatic heterocycles. The van der Waals surface area contributed by atoms with E-state index in [4.69, 9.17) is 14.2 Å². The van der Waals surface area contributed by atoms with Crippen LogP contribution < -0.4 is 14.4 Å². The van der Waals surface area contributed by atoms with Gasteiger partial charge in [-0.15, -0.1) is 0 Å². The van der Waals surface area contributed by atoms with Gasteiger partial charge in [-0.05, 0) is 31.4 Å². The lowest BCUT2D eigenvalue weighted by Crippen LogP contribution is -3.14. The number of rotatable bonds is 9. The second kappa shape index (κ2) is 9.64. The van der Waals surface area contributed by atoms with Gasteiger partial charge >= 0.3 is 0 Å². The third-order valence-electron chi connectivity index (χ3n) is 3.69. The van der Waals surface area contributed by atoms with E-state index < -0.39 is 0 Å². The van der Waals surface area contributed by atoms with Crippen molar-refractivity contribution in [1.29, 1.82) is 0 Å². The molecule has 4 nitrogen and oxygen atoms in total. The molecule has 1 aliphatic heterocycles. The Morgan fingerprint density at radius 1 is 1.00 bits per heavy atom. The van der Waals surface area contributed by atoms with Crippen molar-refractivity contribution in [1.82, 2.24) is 0 Å². The van der Waals surface area contributed by atoms with Crippen LogP contribution in [0.15, 0.2) is 24.3 Å². The van der Waals surface area contributed by atoms with Crippen LogP contribution in [0, 0.1) is 0 Å². The number of unbranched alkanes of at least 4 members (excludes halogenated alkanes) is 1. The van der Waals surface area contributed by atoms with Gasteiger partial charge in [-0.3, -0.25) is 0 Å². The van der Waals surface area contributed by atoms with Crippen molar-refractivity contribution < 1.29 is 19.1 Å². The van der Waals surface area contributed by atoms with Gasteiger partial charge in [-0.25, -0.2) is 0 Å². The summed E-state index contributed by atoms with van der Waals surface area (Å²) in [5.41, 5.74) is 0. The van der Waals surface area contributed by atoms with Gasteiger partial charge in [0, 0.05) is 0 Å². The maximum Gasteiger partial charge on any atom is 0.161 e. The first kappa shape index (κ1) is 16.1. The number of ether oxygens (including phenoxy) is 3. The van der Waals surface area contributed by atoms with Crippen LogP contribution in [0.1, 0.15) is 26.2 Å². The van der Waals surface area contributed by atoms with Crippen LogP contribution in [0.25, 0.3) is 0 Å². The molecule has 2 rings (SSSR count). The highest BCUT2D eigenvalue weighted by atomic mass is 16.5. The first-order chi connectivity index (χ1) is 10.4. The van der Waals surface area contributed by atoms with E-state index in [1.807, 2.05) is 24.3 Å². The van der Waals surface area contributed by atoms with Crippen molar-refractivity contribution in [2.24, 2.45) is 0 Å². The van der Waals surface area contributed by atoms with E-state index in [9.17, 15) is 0 Å². The van der Waals surface area contributed by atoms with E-state index in [2.05, 4.69) is 6.92 Å². The van der Waals surface area contributed by atoms with Crippen LogP contribution in [0.2, 0.25) is 0 Å². The molecule has 1 N–H and O–H groups in total. The van der Waals surface area contributed by atoms with E-state index in [0.29, 0.717) is 0 Å². The van der Waals surface area contributed by atoms with Gasteiger partial charge in [0.05, 0.1) is 33.0 Å². The zero-order chi connectivity index (χ0) is 14.8. The molecule has 1 aromatic rings. The summed E-state index contributed by atoms with van der Waals surface area (Å²) in [6.07, 6.45) is 3.30. The fourth-order valence-corrected chi connectivity index (χ4v) is 2.47. The molecule has 4 heteroatoms. The van der Waals surface area contributed by atoms with E-state index in [1.165, 1.54) is 13.0 Å². The summed E-state index contributed by atoms with van der Waals surface area (Å²) in [5, 5.41) is 0. The molecule has 1 saturated heterocycles. The smallest absolute Gasteiger partial charge is 0.161 e. The lowest BCUT2D eigenvalue weighted by atomic mass is 10.3. The topological polar surface area (TPSA) is 32.1 Å². The van der Waals surface area contributed by atoms with Gasteiger partial charge < -0.3 is 19.1 Å². The molecule has 0 bridgehead atoms. The molecule has 0 spiro atoms.